The maximum atomic E-state index is 12.1. The fourth-order valence-electron chi connectivity index (χ4n) is 2.95. The molecule has 2 rings (SSSR count). The Morgan fingerprint density at radius 2 is 1.81 bits per heavy atom. The van der Waals surface area contributed by atoms with Crippen molar-refractivity contribution in [2.75, 3.05) is 5.32 Å². The lowest BCUT2D eigenvalue weighted by Gasteiger charge is -2.32. The minimum Gasteiger partial charge on any atom is -0.406 e. The molecular formula is C16H22F3NO. The van der Waals surface area contributed by atoms with Gasteiger partial charge in [-0.05, 0) is 48.9 Å². The van der Waals surface area contributed by atoms with Crippen LogP contribution in [0.3, 0.4) is 0 Å². The lowest BCUT2D eigenvalue weighted by Crippen LogP contribution is -2.29. The summed E-state index contributed by atoms with van der Waals surface area (Å²) in [7, 11) is 0. The number of rotatable bonds is 4. The summed E-state index contributed by atoms with van der Waals surface area (Å²) in [6.45, 7) is 4.49. The number of ether oxygens (including phenoxy) is 1. The van der Waals surface area contributed by atoms with Crippen LogP contribution in [0.15, 0.2) is 24.3 Å². The van der Waals surface area contributed by atoms with Crippen LogP contribution in [-0.2, 0) is 0 Å². The topological polar surface area (TPSA) is 21.3 Å². The molecule has 118 valence electrons. The standard InChI is InChI=1S/C16H22F3NO/c1-11(2)12-4-3-5-14(10-12)20-13-6-8-15(9-7-13)21-16(17,18)19/h6-9,11-12,14,20H,3-5,10H2,1-2H3. The summed E-state index contributed by atoms with van der Waals surface area (Å²) in [4.78, 5) is 0. The van der Waals surface area contributed by atoms with Crippen molar-refractivity contribution in [3.05, 3.63) is 24.3 Å². The maximum Gasteiger partial charge on any atom is 0.573 e. The molecule has 1 N–H and O–H groups in total. The fourth-order valence-corrected chi connectivity index (χ4v) is 2.95. The molecule has 0 spiro atoms. The van der Waals surface area contributed by atoms with E-state index in [1.165, 1.54) is 25.0 Å². The second-order valence-corrected chi connectivity index (χ2v) is 6.08. The number of benzene rings is 1. The van der Waals surface area contributed by atoms with Crippen LogP contribution in [0.25, 0.3) is 0 Å². The average molecular weight is 301 g/mol. The molecule has 1 saturated carbocycles. The Kier molecular flexibility index (Phi) is 5.01. The Morgan fingerprint density at radius 1 is 1.14 bits per heavy atom. The van der Waals surface area contributed by atoms with Crippen LogP contribution in [0.1, 0.15) is 39.5 Å². The molecule has 1 fully saturated rings. The molecule has 0 amide bonds. The molecule has 0 aliphatic heterocycles. The zero-order valence-corrected chi connectivity index (χ0v) is 12.4. The van der Waals surface area contributed by atoms with Crippen LogP contribution in [0.5, 0.6) is 5.75 Å². The van der Waals surface area contributed by atoms with E-state index in [4.69, 9.17) is 0 Å². The molecule has 21 heavy (non-hydrogen) atoms. The third-order valence-corrected chi connectivity index (χ3v) is 4.12. The van der Waals surface area contributed by atoms with Crippen molar-refractivity contribution >= 4 is 5.69 Å². The Balaban J connectivity index is 1.91. The lowest BCUT2D eigenvalue weighted by atomic mass is 9.79. The quantitative estimate of drug-likeness (QED) is 0.824. The number of hydrogen-bond donors (Lipinski definition) is 1. The molecule has 1 aromatic carbocycles. The van der Waals surface area contributed by atoms with Crippen molar-refractivity contribution < 1.29 is 17.9 Å². The number of alkyl halides is 3. The first-order chi connectivity index (χ1) is 9.83. The highest BCUT2D eigenvalue weighted by Gasteiger charge is 2.31. The summed E-state index contributed by atoms with van der Waals surface area (Å²) in [6, 6.07) is 6.37. The normalized spacial score (nSPS) is 23.1. The first-order valence-electron chi connectivity index (χ1n) is 7.46. The van der Waals surface area contributed by atoms with E-state index >= 15 is 0 Å². The molecule has 1 aromatic rings. The van der Waals surface area contributed by atoms with Gasteiger partial charge in [0.05, 0.1) is 0 Å². The summed E-state index contributed by atoms with van der Waals surface area (Å²) in [5.74, 6) is 1.22. The van der Waals surface area contributed by atoms with Crippen LogP contribution in [0, 0.1) is 11.8 Å². The Morgan fingerprint density at radius 3 is 2.38 bits per heavy atom. The second kappa shape index (κ2) is 6.58. The van der Waals surface area contributed by atoms with Crippen molar-refractivity contribution in [2.24, 2.45) is 11.8 Å². The van der Waals surface area contributed by atoms with Gasteiger partial charge in [-0.1, -0.05) is 26.7 Å². The van der Waals surface area contributed by atoms with E-state index in [9.17, 15) is 13.2 Å². The van der Waals surface area contributed by atoms with Gasteiger partial charge in [0, 0.05) is 11.7 Å². The van der Waals surface area contributed by atoms with Gasteiger partial charge in [-0.2, -0.15) is 0 Å². The van der Waals surface area contributed by atoms with Gasteiger partial charge in [0.15, 0.2) is 0 Å². The highest BCUT2D eigenvalue weighted by atomic mass is 19.4. The van der Waals surface area contributed by atoms with Crippen molar-refractivity contribution in [3.8, 4) is 5.75 Å². The van der Waals surface area contributed by atoms with E-state index in [-0.39, 0.29) is 5.75 Å². The van der Waals surface area contributed by atoms with E-state index < -0.39 is 6.36 Å². The Labute approximate surface area is 123 Å². The van der Waals surface area contributed by atoms with Gasteiger partial charge >= 0.3 is 6.36 Å². The summed E-state index contributed by atoms with van der Waals surface area (Å²) in [5, 5.41) is 3.42. The smallest absolute Gasteiger partial charge is 0.406 e. The zero-order chi connectivity index (χ0) is 15.5. The SMILES string of the molecule is CC(C)C1CCCC(Nc2ccc(OC(F)(F)F)cc2)C1. The molecule has 0 radical (unpaired) electrons. The maximum absolute atomic E-state index is 12.1. The largest absolute Gasteiger partial charge is 0.573 e. The van der Waals surface area contributed by atoms with Gasteiger partial charge in [0.25, 0.3) is 0 Å². The van der Waals surface area contributed by atoms with Crippen LogP contribution < -0.4 is 10.1 Å². The van der Waals surface area contributed by atoms with Gasteiger partial charge in [0.1, 0.15) is 5.75 Å². The molecule has 5 heteroatoms. The summed E-state index contributed by atoms with van der Waals surface area (Å²) < 4.78 is 40.2. The average Bonchev–Trinajstić information content (AvgIpc) is 2.40. The van der Waals surface area contributed by atoms with Gasteiger partial charge in [0.2, 0.25) is 0 Å². The lowest BCUT2D eigenvalue weighted by molar-refractivity contribution is -0.274. The van der Waals surface area contributed by atoms with Crippen molar-refractivity contribution in [2.45, 2.75) is 51.9 Å². The van der Waals surface area contributed by atoms with Gasteiger partial charge in [-0.15, -0.1) is 13.2 Å². The molecule has 0 saturated heterocycles. The molecule has 1 aliphatic rings. The Bertz CT molecular complexity index is 442. The van der Waals surface area contributed by atoms with Crippen LogP contribution >= 0.6 is 0 Å². The first kappa shape index (κ1) is 16.0. The van der Waals surface area contributed by atoms with E-state index in [0.29, 0.717) is 12.0 Å². The Hall–Kier alpha value is -1.39. The monoisotopic (exact) mass is 301 g/mol. The van der Waals surface area contributed by atoms with Crippen LogP contribution in [0.2, 0.25) is 0 Å². The molecule has 0 heterocycles. The van der Waals surface area contributed by atoms with Crippen LogP contribution in [-0.4, -0.2) is 12.4 Å². The summed E-state index contributed by atoms with van der Waals surface area (Å²) in [5.41, 5.74) is 0.846. The minimum absolute atomic E-state index is 0.184. The van der Waals surface area contributed by atoms with Crippen molar-refractivity contribution in [1.82, 2.24) is 0 Å². The number of nitrogens with one attached hydrogen (secondary N) is 1. The van der Waals surface area contributed by atoms with Crippen molar-refractivity contribution in [1.29, 1.82) is 0 Å². The fraction of sp³-hybridized carbons (Fsp3) is 0.625. The third kappa shape index (κ3) is 5.14. The van der Waals surface area contributed by atoms with E-state index in [1.807, 2.05) is 0 Å². The van der Waals surface area contributed by atoms with Gasteiger partial charge in [-0.25, -0.2) is 0 Å². The number of halogens is 3. The summed E-state index contributed by atoms with van der Waals surface area (Å²) in [6.07, 6.45) is 0.0787. The minimum atomic E-state index is -4.64. The molecular weight excluding hydrogens is 279 g/mol. The van der Waals surface area contributed by atoms with E-state index in [1.54, 1.807) is 12.1 Å². The molecule has 2 atom stereocenters. The highest BCUT2D eigenvalue weighted by molar-refractivity contribution is 5.47. The van der Waals surface area contributed by atoms with Crippen molar-refractivity contribution in [3.63, 3.8) is 0 Å². The van der Waals surface area contributed by atoms with Gasteiger partial charge in [-0.3, -0.25) is 0 Å². The predicted molar refractivity (Wildman–Crippen MR) is 77.3 cm³/mol. The van der Waals surface area contributed by atoms with E-state index in [0.717, 1.165) is 24.4 Å². The predicted octanol–water partition coefficient (Wildman–Crippen LogP) is 5.21. The number of hydrogen-bond acceptors (Lipinski definition) is 2. The highest BCUT2D eigenvalue weighted by Crippen LogP contribution is 2.32. The van der Waals surface area contributed by atoms with Crippen LogP contribution in [0.4, 0.5) is 18.9 Å². The molecule has 0 aromatic heterocycles. The molecule has 2 unspecified atom stereocenters. The van der Waals surface area contributed by atoms with Gasteiger partial charge < -0.3 is 10.1 Å². The second-order valence-electron chi connectivity index (χ2n) is 6.08. The summed E-state index contributed by atoms with van der Waals surface area (Å²) >= 11 is 0. The third-order valence-electron chi connectivity index (χ3n) is 4.12. The molecule has 1 aliphatic carbocycles. The zero-order valence-electron chi connectivity index (χ0n) is 12.4. The molecule has 0 bridgehead atoms. The first-order valence-corrected chi connectivity index (χ1v) is 7.46. The molecule has 2 nitrogen and oxygen atoms in total. The number of anilines is 1. The van der Waals surface area contributed by atoms with E-state index in [2.05, 4.69) is 23.9 Å².